The van der Waals surface area contributed by atoms with Gasteiger partial charge in [0.2, 0.25) is 0 Å². The second-order valence-electron chi connectivity index (χ2n) is 3.51. The summed E-state index contributed by atoms with van der Waals surface area (Å²) in [5.74, 6) is -1.48. The second-order valence-corrected chi connectivity index (χ2v) is 3.51. The zero-order chi connectivity index (χ0) is 11.8. The van der Waals surface area contributed by atoms with Gasteiger partial charge < -0.3 is 0 Å². The fraction of sp³-hybridized carbons (Fsp3) is 1.00. The first-order valence-corrected chi connectivity index (χ1v) is 4.12. The molecular formula is C8H12F6. The molecule has 86 valence electrons. The third-order valence-electron chi connectivity index (χ3n) is 2.78. The predicted octanol–water partition coefficient (Wildman–Crippen LogP) is 4.16. The minimum Gasteiger partial charge on any atom is -0.170 e. The van der Waals surface area contributed by atoms with Crippen LogP contribution < -0.4 is 0 Å². The number of halogens is 6. The van der Waals surface area contributed by atoms with Crippen LogP contribution in [0, 0.1) is 11.3 Å². The number of hydrogen-bond donors (Lipinski definition) is 0. The first kappa shape index (κ1) is 13.6. The molecule has 0 fully saturated rings. The molecule has 1 unspecified atom stereocenters. The quantitative estimate of drug-likeness (QED) is 0.615. The van der Waals surface area contributed by atoms with Crippen LogP contribution in [0.2, 0.25) is 0 Å². The summed E-state index contributed by atoms with van der Waals surface area (Å²) in [6, 6.07) is 0. The third-order valence-corrected chi connectivity index (χ3v) is 2.78. The Kier molecular flexibility index (Phi) is 3.51. The summed E-state index contributed by atoms with van der Waals surface area (Å²) in [5, 5.41) is 0. The smallest absolute Gasteiger partial charge is 0.170 e. The van der Waals surface area contributed by atoms with Gasteiger partial charge in [0, 0.05) is 0 Å². The van der Waals surface area contributed by atoms with Gasteiger partial charge in [-0.2, -0.15) is 26.3 Å². The highest BCUT2D eigenvalue weighted by atomic mass is 19.4. The highest BCUT2D eigenvalue weighted by molar-refractivity contribution is 4.92. The van der Waals surface area contributed by atoms with E-state index in [4.69, 9.17) is 0 Å². The molecule has 0 aromatic heterocycles. The van der Waals surface area contributed by atoms with E-state index in [1.54, 1.807) is 0 Å². The van der Waals surface area contributed by atoms with Gasteiger partial charge in [-0.15, -0.1) is 0 Å². The Bertz CT molecular complexity index is 175. The maximum atomic E-state index is 12.3. The molecule has 0 saturated carbocycles. The predicted molar refractivity (Wildman–Crippen MR) is 39.7 cm³/mol. The molecule has 0 saturated heterocycles. The molecule has 14 heavy (non-hydrogen) atoms. The highest BCUT2D eigenvalue weighted by Crippen LogP contribution is 2.55. The van der Waals surface area contributed by atoms with Gasteiger partial charge in [0.25, 0.3) is 0 Å². The van der Waals surface area contributed by atoms with Crippen molar-refractivity contribution < 1.29 is 26.3 Å². The van der Waals surface area contributed by atoms with Gasteiger partial charge in [-0.05, 0) is 12.8 Å². The van der Waals surface area contributed by atoms with Crippen LogP contribution >= 0.6 is 0 Å². The molecular weight excluding hydrogens is 210 g/mol. The Morgan fingerprint density at radius 1 is 0.929 bits per heavy atom. The maximum Gasteiger partial charge on any atom is 0.403 e. The molecule has 0 spiro atoms. The van der Waals surface area contributed by atoms with Crippen molar-refractivity contribution in [3.8, 4) is 0 Å². The lowest BCUT2D eigenvalue weighted by Gasteiger charge is -2.38. The molecule has 0 radical (unpaired) electrons. The number of rotatable bonds is 2. The van der Waals surface area contributed by atoms with Crippen molar-refractivity contribution in [2.24, 2.45) is 11.3 Å². The van der Waals surface area contributed by atoms with Crippen molar-refractivity contribution in [3.63, 3.8) is 0 Å². The molecule has 0 bridgehead atoms. The van der Waals surface area contributed by atoms with E-state index < -0.39 is 23.7 Å². The SMILES string of the molecule is CCC(C)C(C)(C(F)(F)F)C(F)(F)F. The fourth-order valence-electron chi connectivity index (χ4n) is 1.13. The molecule has 0 aromatic carbocycles. The Balaban J connectivity index is 5.29. The molecule has 0 nitrogen and oxygen atoms in total. The lowest BCUT2D eigenvalue weighted by Crippen LogP contribution is -2.51. The van der Waals surface area contributed by atoms with Gasteiger partial charge in [0.15, 0.2) is 5.41 Å². The summed E-state index contributed by atoms with van der Waals surface area (Å²) in [4.78, 5) is 0. The van der Waals surface area contributed by atoms with Crippen LogP contribution in [0.5, 0.6) is 0 Å². The van der Waals surface area contributed by atoms with Crippen LogP contribution in [0.4, 0.5) is 26.3 Å². The van der Waals surface area contributed by atoms with E-state index in [9.17, 15) is 26.3 Å². The molecule has 0 aromatic rings. The van der Waals surface area contributed by atoms with E-state index in [0.29, 0.717) is 0 Å². The van der Waals surface area contributed by atoms with Gasteiger partial charge in [-0.3, -0.25) is 0 Å². The molecule has 0 N–H and O–H groups in total. The van der Waals surface area contributed by atoms with Crippen LogP contribution in [0.15, 0.2) is 0 Å². The minimum atomic E-state index is -5.26. The van der Waals surface area contributed by atoms with Crippen molar-refractivity contribution in [1.82, 2.24) is 0 Å². The Hall–Kier alpha value is -0.420. The topological polar surface area (TPSA) is 0 Å². The van der Waals surface area contributed by atoms with E-state index in [1.165, 1.54) is 6.92 Å². The van der Waals surface area contributed by atoms with Crippen molar-refractivity contribution in [2.75, 3.05) is 0 Å². The molecule has 0 aliphatic heterocycles. The largest absolute Gasteiger partial charge is 0.403 e. The van der Waals surface area contributed by atoms with Gasteiger partial charge >= 0.3 is 12.4 Å². The lowest BCUT2D eigenvalue weighted by molar-refractivity contribution is -0.350. The number of alkyl halides is 6. The van der Waals surface area contributed by atoms with E-state index >= 15 is 0 Å². The molecule has 0 aliphatic carbocycles. The number of hydrogen-bond acceptors (Lipinski definition) is 0. The van der Waals surface area contributed by atoms with Gasteiger partial charge in [0.1, 0.15) is 0 Å². The average Bonchev–Trinajstić information content (AvgIpc) is 1.97. The van der Waals surface area contributed by atoms with Crippen LogP contribution in [0.3, 0.4) is 0 Å². The van der Waals surface area contributed by atoms with Crippen molar-refractivity contribution >= 4 is 0 Å². The summed E-state index contributed by atoms with van der Waals surface area (Å²) in [5.41, 5.74) is -3.62. The molecule has 6 heteroatoms. The van der Waals surface area contributed by atoms with E-state index in [0.717, 1.165) is 6.92 Å². The molecule has 0 amide bonds. The summed E-state index contributed by atoms with van der Waals surface area (Å²) in [6.45, 7) is 2.47. The Morgan fingerprint density at radius 3 is 1.29 bits per heavy atom. The van der Waals surface area contributed by atoms with Crippen LogP contribution in [0.1, 0.15) is 27.2 Å². The average molecular weight is 222 g/mol. The molecule has 0 heterocycles. The van der Waals surface area contributed by atoms with E-state index in [-0.39, 0.29) is 13.3 Å². The first-order chi connectivity index (χ1) is 5.98. The van der Waals surface area contributed by atoms with Crippen molar-refractivity contribution in [2.45, 2.75) is 39.5 Å². The van der Waals surface area contributed by atoms with Crippen LogP contribution in [0.25, 0.3) is 0 Å². The molecule has 0 rings (SSSR count). The monoisotopic (exact) mass is 222 g/mol. The van der Waals surface area contributed by atoms with Crippen LogP contribution in [-0.4, -0.2) is 12.4 Å². The maximum absolute atomic E-state index is 12.3. The Labute approximate surface area is 78.3 Å². The minimum absolute atomic E-state index is 0.171. The zero-order valence-electron chi connectivity index (χ0n) is 8.05. The van der Waals surface area contributed by atoms with Gasteiger partial charge in [-0.25, -0.2) is 0 Å². The summed E-state index contributed by atoms with van der Waals surface area (Å²) < 4.78 is 73.9. The molecule has 1 atom stereocenters. The van der Waals surface area contributed by atoms with Crippen LogP contribution in [-0.2, 0) is 0 Å². The van der Waals surface area contributed by atoms with Crippen molar-refractivity contribution in [1.29, 1.82) is 0 Å². The molecule has 0 aliphatic rings. The fourth-order valence-corrected chi connectivity index (χ4v) is 1.13. The van der Waals surface area contributed by atoms with Crippen molar-refractivity contribution in [3.05, 3.63) is 0 Å². The third kappa shape index (κ3) is 1.98. The lowest BCUT2D eigenvalue weighted by atomic mass is 9.75. The summed E-state index contributed by atoms with van der Waals surface area (Å²) >= 11 is 0. The summed E-state index contributed by atoms with van der Waals surface area (Å²) in [6.07, 6.45) is -10.7. The van der Waals surface area contributed by atoms with E-state index in [1.807, 2.05) is 0 Å². The normalized spacial score (nSPS) is 16.9. The summed E-state index contributed by atoms with van der Waals surface area (Å²) in [7, 11) is 0. The Morgan fingerprint density at radius 2 is 1.21 bits per heavy atom. The highest BCUT2D eigenvalue weighted by Gasteiger charge is 2.69. The van der Waals surface area contributed by atoms with Gasteiger partial charge in [0.05, 0.1) is 0 Å². The van der Waals surface area contributed by atoms with Gasteiger partial charge in [-0.1, -0.05) is 20.3 Å². The zero-order valence-corrected chi connectivity index (χ0v) is 8.05. The first-order valence-electron chi connectivity index (χ1n) is 4.12. The van der Waals surface area contributed by atoms with E-state index in [2.05, 4.69) is 0 Å². The standard InChI is InChI=1S/C8H12F6/c1-4-5(2)6(3,7(9,10)11)8(12,13)14/h5H,4H2,1-3H3. The second kappa shape index (κ2) is 3.62.